The first-order valence-corrected chi connectivity index (χ1v) is 4.21. The maximum absolute atomic E-state index is 10.9. The van der Waals surface area contributed by atoms with Gasteiger partial charge in [0.05, 0.1) is 0 Å². The number of nitrogens with one attached hydrogen (secondary N) is 1. The highest BCUT2D eigenvalue weighted by Crippen LogP contribution is 1.96. The summed E-state index contributed by atoms with van der Waals surface area (Å²) in [7, 11) is 0. The van der Waals surface area contributed by atoms with Crippen LogP contribution in [-0.4, -0.2) is 25.3 Å². The van der Waals surface area contributed by atoms with Crippen molar-refractivity contribution in [2.45, 2.75) is 25.7 Å². The Morgan fingerprint density at radius 2 is 2.17 bits per heavy atom. The molecule has 0 rings (SSSR count). The van der Waals surface area contributed by atoms with Crippen molar-refractivity contribution >= 4 is 12.2 Å². The maximum Gasteiger partial charge on any atom is 0.220 e. The molecule has 0 bridgehead atoms. The number of hydrogen-bond acceptors (Lipinski definition) is 3. The summed E-state index contributed by atoms with van der Waals surface area (Å²) in [5.74, 6) is 0.0198. The van der Waals surface area contributed by atoms with Crippen LogP contribution in [0.1, 0.15) is 25.7 Å². The third kappa shape index (κ3) is 7.21. The fraction of sp³-hybridized carbons (Fsp3) is 0.750. The first-order chi connectivity index (χ1) is 5.81. The molecule has 1 amide bonds. The van der Waals surface area contributed by atoms with Crippen LogP contribution in [0.4, 0.5) is 0 Å². The topological polar surface area (TPSA) is 72.2 Å². The van der Waals surface area contributed by atoms with Crippen LogP contribution in [0, 0.1) is 0 Å². The van der Waals surface area contributed by atoms with E-state index in [-0.39, 0.29) is 5.91 Å². The van der Waals surface area contributed by atoms with E-state index in [1.807, 2.05) is 0 Å². The van der Waals surface area contributed by atoms with E-state index in [1.54, 1.807) is 0 Å². The van der Waals surface area contributed by atoms with Gasteiger partial charge in [0.15, 0.2) is 0 Å². The largest absolute Gasteiger partial charge is 0.355 e. The van der Waals surface area contributed by atoms with Gasteiger partial charge in [-0.3, -0.25) is 4.79 Å². The fourth-order valence-corrected chi connectivity index (χ4v) is 0.813. The molecule has 70 valence electrons. The van der Waals surface area contributed by atoms with Gasteiger partial charge < -0.3 is 15.8 Å². The van der Waals surface area contributed by atoms with Crippen LogP contribution in [0.2, 0.25) is 0 Å². The highest BCUT2D eigenvalue weighted by atomic mass is 16.1. The SMILES string of the molecule is NCCNC(=O)CCCCC=O. The van der Waals surface area contributed by atoms with Crippen molar-refractivity contribution in [2.24, 2.45) is 5.73 Å². The second kappa shape index (κ2) is 8.20. The Hall–Kier alpha value is -0.900. The molecule has 0 saturated carbocycles. The summed E-state index contributed by atoms with van der Waals surface area (Å²) < 4.78 is 0. The Bertz CT molecular complexity index is 137. The van der Waals surface area contributed by atoms with Crippen molar-refractivity contribution in [3.05, 3.63) is 0 Å². The number of carbonyl (C=O) groups excluding carboxylic acids is 2. The summed E-state index contributed by atoms with van der Waals surface area (Å²) in [6.45, 7) is 1.01. The van der Waals surface area contributed by atoms with Gasteiger partial charge in [0.25, 0.3) is 0 Å². The van der Waals surface area contributed by atoms with Crippen molar-refractivity contribution in [3.63, 3.8) is 0 Å². The van der Waals surface area contributed by atoms with Gasteiger partial charge in [-0.25, -0.2) is 0 Å². The summed E-state index contributed by atoms with van der Waals surface area (Å²) in [6, 6.07) is 0. The molecule has 0 spiro atoms. The van der Waals surface area contributed by atoms with E-state index in [9.17, 15) is 9.59 Å². The molecule has 0 aliphatic heterocycles. The average Bonchev–Trinajstić information content (AvgIpc) is 2.09. The second-order valence-corrected chi connectivity index (χ2v) is 2.55. The summed E-state index contributed by atoms with van der Waals surface area (Å²) in [5.41, 5.74) is 5.19. The molecule has 0 saturated heterocycles. The lowest BCUT2D eigenvalue weighted by Gasteiger charge is -2.01. The highest BCUT2D eigenvalue weighted by molar-refractivity contribution is 5.75. The van der Waals surface area contributed by atoms with Crippen molar-refractivity contribution in [2.75, 3.05) is 13.1 Å². The molecule has 0 aliphatic carbocycles. The Kier molecular flexibility index (Phi) is 7.58. The van der Waals surface area contributed by atoms with Crippen LogP contribution in [0.3, 0.4) is 0 Å². The summed E-state index contributed by atoms with van der Waals surface area (Å²) in [6.07, 6.45) is 3.48. The quantitative estimate of drug-likeness (QED) is 0.413. The molecule has 0 aromatic carbocycles. The van der Waals surface area contributed by atoms with Crippen LogP contribution in [0.15, 0.2) is 0 Å². The zero-order valence-corrected chi connectivity index (χ0v) is 7.21. The number of unbranched alkanes of at least 4 members (excludes halogenated alkanes) is 2. The van der Waals surface area contributed by atoms with Gasteiger partial charge in [-0.05, 0) is 12.8 Å². The van der Waals surface area contributed by atoms with Gasteiger partial charge in [-0.15, -0.1) is 0 Å². The fourth-order valence-electron chi connectivity index (χ4n) is 0.813. The summed E-state index contributed by atoms with van der Waals surface area (Å²) >= 11 is 0. The van der Waals surface area contributed by atoms with Crippen LogP contribution in [0.25, 0.3) is 0 Å². The molecule has 4 heteroatoms. The van der Waals surface area contributed by atoms with Crippen LogP contribution in [-0.2, 0) is 9.59 Å². The molecular weight excluding hydrogens is 156 g/mol. The minimum Gasteiger partial charge on any atom is -0.355 e. The van der Waals surface area contributed by atoms with Crippen molar-refractivity contribution in [1.82, 2.24) is 5.32 Å². The standard InChI is InChI=1S/C8H16N2O2/c9-5-6-10-8(12)4-2-1-3-7-11/h7H,1-6,9H2,(H,10,12). The minimum atomic E-state index is 0.0198. The lowest BCUT2D eigenvalue weighted by Crippen LogP contribution is -2.28. The number of carbonyl (C=O) groups is 2. The van der Waals surface area contributed by atoms with E-state index >= 15 is 0 Å². The third-order valence-corrected chi connectivity index (χ3v) is 1.44. The number of amides is 1. The number of rotatable bonds is 7. The van der Waals surface area contributed by atoms with E-state index in [0.29, 0.717) is 25.9 Å². The monoisotopic (exact) mass is 172 g/mol. The first kappa shape index (κ1) is 11.1. The van der Waals surface area contributed by atoms with Gasteiger partial charge in [-0.1, -0.05) is 0 Å². The van der Waals surface area contributed by atoms with Crippen molar-refractivity contribution in [3.8, 4) is 0 Å². The molecule has 0 fully saturated rings. The molecule has 0 atom stereocenters. The molecule has 0 heterocycles. The van der Waals surface area contributed by atoms with Gasteiger partial charge in [0, 0.05) is 25.9 Å². The highest BCUT2D eigenvalue weighted by Gasteiger charge is 1.98. The lowest BCUT2D eigenvalue weighted by atomic mass is 10.2. The van der Waals surface area contributed by atoms with Crippen LogP contribution in [0.5, 0.6) is 0 Å². The lowest BCUT2D eigenvalue weighted by molar-refractivity contribution is -0.121. The van der Waals surface area contributed by atoms with Gasteiger partial charge >= 0.3 is 0 Å². The van der Waals surface area contributed by atoms with E-state index in [1.165, 1.54) is 0 Å². The molecule has 12 heavy (non-hydrogen) atoms. The van der Waals surface area contributed by atoms with E-state index in [0.717, 1.165) is 19.1 Å². The zero-order valence-electron chi connectivity index (χ0n) is 7.21. The normalized spacial score (nSPS) is 9.42. The predicted molar refractivity (Wildman–Crippen MR) is 46.6 cm³/mol. The molecule has 4 nitrogen and oxygen atoms in total. The Labute approximate surface area is 72.5 Å². The van der Waals surface area contributed by atoms with Gasteiger partial charge in [-0.2, -0.15) is 0 Å². The molecule has 3 N–H and O–H groups in total. The van der Waals surface area contributed by atoms with Gasteiger partial charge in [0.2, 0.25) is 5.91 Å². The maximum atomic E-state index is 10.9. The first-order valence-electron chi connectivity index (χ1n) is 4.21. The molecule has 0 unspecified atom stereocenters. The molecule has 0 aromatic heterocycles. The average molecular weight is 172 g/mol. The number of nitrogens with two attached hydrogens (primary N) is 1. The zero-order chi connectivity index (χ0) is 9.23. The predicted octanol–water partition coefficient (Wildman–Crippen LogP) is -0.179. The Balaban J connectivity index is 3.13. The smallest absolute Gasteiger partial charge is 0.220 e. The summed E-state index contributed by atoms with van der Waals surface area (Å²) in [5, 5.41) is 2.66. The second-order valence-electron chi connectivity index (χ2n) is 2.55. The van der Waals surface area contributed by atoms with E-state index < -0.39 is 0 Å². The van der Waals surface area contributed by atoms with E-state index in [4.69, 9.17) is 5.73 Å². The Morgan fingerprint density at radius 1 is 1.42 bits per heavy atom. The number of hydrogen-bond donors (Lipinski definition) is 2. The molecule has 0 radical (unpaired) electrons. The van der Waals surface area contributed by atoms with Crippen molar-refractivity contribution < 1.29 is 9.59 Å². The molecular formula is C8H16N2O2. The Morgan fingerprint density at radius 3 is 2.75 bits per heavy atom. The van der Waals surface area contributed by atoms with Crippen LogP contribution >= 0.6 is 0 Å². The summed E-state index contributed by atoms with van der Waals surface area (Å²) in [4.78, 5) is 20.8. The minimum absolute atomic E-state index is 0.0198. The van der Waals surface area contributed by atoms with Crippen molar-refractivity contribution in [1.29, 1.82) is 0 Å². The van der Waals surface area contributed by atoms with Gasteiger partial charge in [0.1, 0.15) is 6.29 Å². The molecule has 0 aromatic rings. The van der Waals surface area contributed by atoms with E-state index in [2.05, 4.69) is 5.32 Å². The molecule has 0 aliphatic rings. The third-order valence-electron chi connectivity index (χ3n) is 1.44. The van der Waals surface area contributed by atoms with Crippen LogP contribution < -0.4 is 11.1 Å². The number of aldehydes is 1.